The fraction of sp³-hybridized carbons (Fsp3) is 0.417. The number of thioether (sulfide) groups is 1. The molecule has 1 fully saturated rings. The van der Waals surface area contributed by atoms with Crippen molar-refractivity contribution >= 4 is 23.4 Å². The van der Waals surface area contributed by atoms with E-state index in [1.54, 1.807) is 0 Å². The molecule has 0 aromatic heterocycles. The van der Waals surface area contributed by atoms with Crippen molar-refractivity contribution in [3.8, 4) is 0 Å². The number of aliphatic imine (C=N–C) groups is 1. The standard InChI is InChI=1S/C12H18N4S/c13-16-12(14-10-5-2-1-3-6-10)15-11-7-4-8-17-9-11/h1-3,5-6,11H,4,7-9,13H2,(H2,14,15,16). The molecule has 1 aliphatic heterocycles. The summed E-state index contributed by atoms with van der Waals surface area (Å²) in [7, 11) is 0. The van der Waals surface area contributed by atoms with Gasteiger partial charge in [-0.2, -0.15) is 11.8 Å². The number of para-hydroxylation sites is 1. The van der Waals surface area contributed by atoms with Crippen LogP contribution in [0.4, 0.5) is 5.69 Å². The summed E-state index contributed by atoms with van der Waals surface area (Å²) in [5.74, 6) is 8.47. The minimum Gasteiger partial charge on any atom is -0.325 e. The summed E-state index contributed by atoms with van der Waals surface area (Å²) >= 11 is 1.96. The Hall–Kier alpha value is -1.20. The van der Waals surface area contributed by atoms with Crippen LogP contribution >= 0.6 is 11.8 Å². The number of hydrazine groups is 1. The van der Waals surface area contributed by atoms with Crippen molar-refractivity contribution in [2.24, 2.45) is 10.8 Å². The van der Waals surface area contributed by atoms with Gasteiger partial charge in [-0.1, -0.05) is 18.2 Å². The molecule has 4 nitrogen and oxygen atoms in total. The predicted molar refractivity (Wildman–Crippen MR) is 75.2 cm³/mol. The van der Waals surface area contributed by atoms with E-state index in [4.69, 9.17) is 5.84 Å². The van der Waals surface area contributed by atoms with Crippen molar-refractivity contribution in [1.82, 2.24) is 5.43 Å². The van der Waals surface area contributed by atoms with E-state index in [2.05, 4.69) is 15.7 Å². The van der Waals surface area contributed by atoms with Crippen LogP contribution in [0.5, 0.6) is 0 Å². The maximum atomic E-state index is 5.49. The molecule has 92 valence electrons. The van der Waals surface area contributed by atoms with Crippen LogP contribution in [0.15, 0.2) is 35.3 Å². The molecule has 17 heavy (non-hydrogen) atoms. The van der Waals surface area contributed by atoms with Crippen molar-refractivity contribution in [2.75, 3.05) is 16.8 Å². The second-order valence-corrected chi connectivity index (χ2v) is 5.13. The van der Waals surface area contributed by atoms with Gasteiger partial charge in [0, 0.05) is 11.4 Å². The van der Waals surface area contributed by atoms with Crippen LogP contribution in [0.3, 0.4) is 0 Å². The molecule has 4 N–H and O–H groups in total. The van der Waals surface area contributed by atoms with Gasteiger partial charge in [-0.3, -0.25) is 5.43 Å². The van der Waals surface area contributed by atoms with Crippen LogP contribution in [-0.2, 0) is 0 Å². The fourth-order valence-electron chi connectivity index (χ4n) is 1.77. The van der Waals surface area contributed by atoms with Crippen LogP contribution in [0.1, 0.15) is 12.8 Å². The molecule has 0 bridgehead atoms. The third-order valence-electron chi connectivity index (χ3n) is 2.62. The van der Waals surface area contributed by atoms with Crippen molar-refractivity contribution in [3.63, 3.8) is 0 Å². The zero-order valence-corrected chi connectivity index (χ0v) is 10.5. The molecule has 0 spiro atoms. The first-order valence-electron chi connectivity index (χ1n) is 5.83. The summed E-state index contributed by atoms with van der Waals surface area (Å²) in [5.41, 5.74) is 3.62. The zero-order valence-electron chi connectivity index (χ0n) is 9.73. The van der Waals surface area contributed by atoms with E-state index in [-0.39, 0.29) is 0 Å². The van der Waals surface area contributed by atoms with Gasteiger partial charge in [-0.25, -0.2) is 10.8 Å². The number of rotatable bonds is 2. The molecule has 2 rings (SSSR count). The second-order valence-electron chi connectivity index (χ2n) is 3.98. The molecule has 1 heterocycles. The smallest absolute Gasteiger partial charge is 0.210 e. The van der Waals surface area contributed by atoms with Gasteiger partial charge in [0.1, 0.15) is 0 Å². The Kier molecular flexibility index (Phi) is 4.70. The Labute approximate surface area is 106 Å². The monoisotopic (exact) mass is 250 g/mol. The molecule has 0 saturated carbocycles. The number of hydrogen-bond acceptors (Lipinski definition) is 3. The predicted octanol–water partition coefficient (Wildman–Crippen LogP) is 1.81. The number of nitrogens with one attached hydrogen (secondary N) is 2. The molecule has 1 unspecified atom stereocenters. The quantitative estimate of drug-likeness (QED) is 0.324. The van der Waals surface area contributed by atoms with Crippen LogP contribution in [0.25, 0.3) is 0 Å². The lowest BCUT2D eigenvalue weighted by Gasteiger charge is -2.19. The van der Waals surface area contributed by atoms with Crippen LogP contribution < -0.4 is 16.6 Å². The van der Waals surface area contributed by atoms with E-state index < -0.39 is 0 Å². The molecule has 1 atom stereocenters. The Morgan fingerprint density at radius 3 is 2.82 bits per heavy atom. The molecule has 1 aliphatic rings. The van der Waals surface area contributed by atoms with E-state index in [0.717, 1.165) is 17.9 Å². The summed E-state index contributed by atoms with van der Waals surface area (Å²) < 4.78 is 0. The minimum atomic E-state index is 0.371. The van der Waals surface area contributed by atoms with Gasteiger partial charge in [0.05, 0.1) is 6.04 Å². The van der Waals surface area contributed by atoms with Gasteiger partial charge in [0.15, 0.2) is 0 Å². The van der Waals surface area contributed by atoms with Gasteiger partial charge in [0.25, 0.3) is 0 Å². The first kappa shape index (κ1) is 12.3. The van der Waals surface area contributed by atoms with Crippen LogP contribution in [-0.4, -0.2) is 23.5 Å². The largest absolute Gasteiger partial charge is 0.325 e. The summed E-state index contributed by atoms with van der Waals surface area (Å²) in [6.07, 6.45) is 2.39. The molecular formula is C12H18N4S. The molecule has 1 saturated heterocycles. The van der Waals surface area contributed by atoms with Crippen molar-refractivity contribution in [2.45, 2.75) is 18.9 Å². The lowest BCUT2D eigenvalue weighted by molar-refractivity contribution is 0.647. The Morgan fingerprint density at radius 2 is 2.18 bits per heavy atom. The number of anilines is 1. The summed E-state index contributed by atoms with van der Waals surface area (Å²) in [6, 6.07) is 10.3. The van der Waals surface area contributed by atoms with E-state index >= 15 is 0 Å². The number of benzene rings is 1. The van der Waals surface area contributed by atoms with E-state index in [1.807, 2.05) is 42.1 Å². The lowest BCUT2D eigenvalue weighted by atomic mass is 10.2. The molecule has 5 heteroatoms. The van der Waals surface area contributed by atoms with Crippen molar-refractivity contribution in [3.05, 3.63) is 30.3 Å². The normalized spacial score (nSPS) is 21.0. The molecule has 0 radical (unpaired) electrons. The maximum Gasteiger partial charge on any atom is 0.210 e. The lowest BCUT2D eigenvalue weighted by Crippen LogP contribution is -2.37. The second kappa shape index (κ2) is 6.51. The van der Waals surface area contributed by atoms with E-state index in [0.29, 0.717) is 12.0 Å². The highest BCUT2D eigenvalue weighted by Crippen LogP contribution is 2.19. The molecule has 0 aliphatic carbocycles. The van der Waals surface area contributed by atoms with Crippen molar-refractivity contribution < 1.29 is 0 Å². The fourth-order valence-corrected chi connectivity index (χ4v) is 2.82. The third kappa shape index (κ3) is 3.94. The zero-order chi connectivity index (χ0) is 11.9. The number of guanidine groups is 1. The van der Waals surface area contributed by atoms with Crippen molar-refractivity contribution in [1.29, 1.82) is 0 Å². The number of hydrogen-bond donors (Lipinski definition) is 3. The van der Waals surface area contributed by atoms with Gasteiger partial charge >= 0.3 is 0 Å². The van der Waals surface area contributed by atoms with Gasteiger partial charge in [-0.05, 0) is 30.7 Å². The average molecular weight is 250 g/mol. The summed E-state index contributed by atoms with van der Waals surface area (Å²) in [4.78, 5) is 4.60. The van der Waals surface area contributed by atoms with E-state index in [9.17, 15) is 0 Å². The first-order valence-corrected chi connectivity index (χ1v) is 6.98. The SMILES string of the molecule is NNC(=NC1CCCSC1)Nc1ccccc1. The summed E-state index contributed by atoms with van der Waals surface area (Å²) in [6.45, 7) is 0. The highest BCUT2D eigenvalue weighted by Gasteiger charge is 2.13. The molecular weight excluding hydrogens is 232 g/mol. The third-order valence-corrected chi connectivity index (χ3v) is 3.82. The number of nitrogens with zero attached hydrogens (tertiary/aromatic N) is 1. The highest BCUT2D eigenvalue weighted by atomic mass is 32.2. The topological polar surface area (TPSA) is 62.4 Å². The first-order chi connectivity index (χ1) is 8.38. The Balaban J connectivity index is 1.98. The Bertz CT molecular complexity index is 360. The highest BCUT2D eigenvalue weighted by molar-refractivity contribution is 7.99. The average Bonchev–Trinajstić information content (AvgIpc) is 2.40. The van der Waals surface area contributed by atoms with Crippen LogP contribution in [0.2, 0.25) is 0 Å². The number of nitrogens with two attached hydrogens (primary N) is 1. The Morgan fingerprint density at radius 1 is 1.35 bits per heavy atom. The molecule has 0 amide bonds. The van der Waals surface area contributed by atoms with Crippen LogP contribution in [0, 0.1) is 0 Å². The van der Waals surface area contributed by atoms with Gasteiger partial charge < -0.3 is 5.32 Å². The summed E-state index contributed by atoms with van der Waals surface area (Å²) in [5, 5.41) is 3.18. The molecule has 1 aromatic carbocycles. The van der Waals surface area contributed by atoms with E-state index in [1.165, 1.54) is 12.2 Å². The molecule has 1 aromatic rings. The minimum absolute atomic E-state index is 0.371. The maximum absolute atomic E-state index is 5.49. The van der Waals surface area contributed by atoms with Gasteiger partial charge in [0.2, 0.25) is 5.96 Å². The van der Waals surface area contributed by atoms with Gasteiger partial charge in [-0.15, -0.1) is 0 Å².